The molecule has 0 amide bonds. The molecule has 4 nitrogen and oxygen atoms in total. The predicted octanol–water partition coefficient (Wildman–Crippen LogP) is 1.57. The minimum Gasteiger partial charge on any atom is -0.495 e. The number of rotatable bonds is 3. The van der Waals surface area contributed by atoms with Gasteiger partial charge in [-0.05, 0) is 22.0 Å². The van der Waals surface area contributed by atoms with Gasteiger partial charge in [0.15, 0.2) is 0 Å². The first-order chi connectivity index (χ1) is 6.69. The zero-order valence-corrected chi connectivity index (χ0v) is 9.50. The summed E-state index contributed by atoms with van der Waals surface area (Å²) in [5.41, 5.74) is 0.608. The lowest BCUT2D eigenvalue weighted by Crippen LogP contribution is -2.07. The summed E-state index contributed by atoms with van der Waals surface area (Å²) in [6.45, 7) is 0. The smallest absolute Gasteiger partial charge is 0.311 e. The van der Waals surface area contributed by atoms with Crippen LogP contribution in [0.3, 0.4) is 0 Å². The summed E-state index contributed by atoms with van der Waals surface area (Å²) in [5, 5.41) is 0. The molecule has 1 aromatic heterocycles. The Morgan fingerprint density at radius 1 is 1.57 bits per heavy atom. The highest BCUT2D eigenvalue weighted by Crippen LogP contribution is 2.26. The molecule has 0 aromatic carbocycles. The largest absolute Gasteiger partial charge is 0.495 e. The molecule has 0 saturated carbocycles. The molecule has 0 aliphatic carbocycles. The number of pyridine rings is 1. The summed E-state index contributed by atoms with van der Waals surface area (Å²) in [4.78, 5) is 15.1. The fraction of sp³-hybridized carbons (Fsp3) is 0.333. The van der Waals surface area contributed by atoms with Gasteiger partial charge in [-0.3, -0.25) is 9.78 Å². The van der Waals surface area contributed by atoms with Crippen molar-refractivity contribution in [3.05, 3.63) is 22.4 Å². The molecular weight excluding hydrogens is 250 g/mol. The van der Waals surface area contributed by atoms with Crippen LogP contribution in [0.5, 0.6) is 5.75 Å². The average molecular weight is 260 g/mol. The Morgan fingerprint density at radius 2 is 2.29 bits per heavy atom. The summed E-state index contributed by atoms with van der Waals surface area (Å²) in [7, 11) is 2.90. The Morgan fingerprint density at radius 3 is 2.86 bits per heavy atom. The van der Waals surface area contributed by atoms with Crippen molar-refractivity contribution < 1.29 is 14.3 Å². The van der Waals surface area contributed by atoms with E-state index in [1.807, 2.05) is 0 Å². The molecule has 14 heavy (non-hydrogen) atoms. The number of hydrogen-bond acceptors (Lipinski definition) is 4. The second-order valence-electron chi connectivity index (χ2n) is 2.53. The topological polar surface area (TPSA) is 48.4 Å². The van der Waals surface area contributed by atoms with Crippen LogP contribution in [0, 0.1) is 0 Å². The minimum absolute atomic E-state index is 0.133. The van der Waals surface area contributed by atoms with E-state index in [1.165, 1.54) is 7.11 Å². The second-order valence-corrected chi connectivity index (χ2v) is 3.32. The van der Waals surface area contributed by atoms with Gasteiger partial charge in [0.05, 0.1) is 30.8 Å². The maximum absolute atomic E-state index is 11.0. The van der Waals surface area contributed by atoms with Crippen molar-refractivity contribution in [2.24, 2.45) is 0 Å². The molecule has 0 bridgehead atoms. The third kappa shape index (κ3) is 2.45. The number of esters is 1. The van der Waals surface area contributed by atoms with Gasteiger partial charge in [-0.1, -0.05) is 0 Å². The number of carbonyl (C=O) groups excluding carboxylic acids is 1. The number of ether oxygens (including phenoxy) is 2. The van der Waals surface area contributed by atoms with Crippen molar-refractivity contribution in [3.63, 3.8) is 0 Å². The summed E-state index contributed by atoms with van der Waals surface area (Å²) in [5.74, 6) is 0.324. The quantitative estimate of drug-likeness (QED) is 0.774. The maximum atomic E-state index is 11.0. The fourth-order valence-corrected chi connectivity index (χ4v) is 1.49. The van der Waals surface area contributed by atoms with E-state index in [0.29, 0.717) is 15.9 Å². The van der Waals surface area contributed by atoms with E-state index >= 15 is 0 Å². The van der Waals surface area contributed by atoms with Crippen molar-refractivity contribution >= 4 is 21.9 Å². The molecule has 1 heterocycles. The number of aromatic nitrogens is 1. The highest BCUT2D eigenvalue weighted by Gasteiger charge is 2.11. The predicted molar refractivity (Wildman–Crippen MR) is 54.2 cm³/mol. The van der Waals surface area contributed by atoms with E-state index in [0.717, 1.165) is 0 Å². The molecule has 0 saturated heterocycles. The van der Waals surface area contributed by atoms with Crippen LogP contribution in [0.25, 0.3) is 0 Å². The highest BCUT2D eigenvalue weighted by molar-refractivity contribution is 9.10. The molecule has 0 fully saturated rings. The lowest BCUT2D eigenvalue weighted by atomic mass is 10.2. The fourth-order valence-electron chi connectivity index (χ4n) is 0.957. The van der Waals surface area contributed by atoms with E-state index < -0.39 is 0 Å². The van der Waals surface area contributed by atoms with Gasteiger partial charge in [0.2, 0.25) is 0 Å². The molecular formula is C9H10BrNO3. The first-order valence-electron chi connectivity index (χ1n) is 3.93. The van der Waals surface area contributed by atoms with Gasteiger partial charge >= 0.3 is 5.97 Å². The van der Waals surface area contributed by atoms with Gasteiger partial charge in [0.1, 0.15) is 5.75 Å². The molecule has 5 heteroatoms. The Balaban J connectivity index is 2.92. The third-order valence-electron chi connectivity index (χ3n) is 1.69. The number of carbonyl (C=O) groups is 1. The molecule has 0 spiro atoms. The SMILES string of the molecule is COC(=O)Cc1nccc(OC)c1Br. The van der Waals surface area contributed by atoms with Gasteiger partial charge in [-0.2, -0.15) is 0 Å². The van der Waals surface area contributed by atoms with Crippen molar-refractivity contribution in [1.29, 1.82) is 0 Å². The Bertz CT molecular complexity index is 341. The standard InChI is InChI=1S/C9H10BrNO3/c1-13-7-3-4-11-6(9(7)10)5-8(12)14-2/h3-4H,5H2,1-2H3. The Labute approximate surface area is 90.4 Å². The molecule has 0 aliphatic rings. The summed E-state index contributed by atoms with van der Waals surface area (Å²) < 4.78 is 10.3. The number of hydrogen-bond donors (Lipinski definition) is 0. The van der Waals surface area contributed by atoms with Crippen molar-refractivity contribution in [2.45, 2.75) is 6.42 Å². The zero-order valence-electron chi connectivity index (χ0n) is 7.91. The molecule has 0 radical (unpaired) electrons. The third-order valence-corrected chi connectivity index (χ3v) is 2.53. The number of nitrogens with zero attached hydrogens (tertiary/aromatic N) is 1. The van der Waals surface area contributed by atoms with Crippen LogP contribution in [0.1, 0.15) is 5.69 Å². The zero-order chi connectivity index (χ0) is 10.6. The number of halogens is 1. The molecule has 0 unspecified atom stereocenters. The van der Waals surface area contributed by atoms with E-state index in [2.05, 4.69) is 25.7 Å². The highest BCUT2D eigenvalue weighted by atomic mass is 79.9. The van der Waals surface area contributed by atoms with Crippen LogP contribution in [0.4, 0.5) is 0 Å². The molecule has 0 aliphatic heterocycles. The lowest BCUT2D eigenvalue weighted by Gasteiger charge is -2.06. The minimum atomic E-state index is -0.327. The van der Waals surface area contributed by atoms with Gasteiger partial charge < -0.3 is 9.47 Å². The van der Waals surface area contributed by atoms with Gasteiger partial charge in [-0.25, -0.2) is 0 Å². The maximum Gasteiger partial charge on any atom is 0.311 e. The van der Waals surface area contributed by atoms with Gasteiger partial charge in [0.25, 0.3) is 0 Å². The molecule has 76 valence electrons. The molecule has 0 N–H and O–H groups in total. The Kier molecular flexibility index (Phi) is 3.88. The first-order valence-corrected chi connectivity index (χ1v) is 4.72. The van der Waals surface area contributed by atoms with Gasteiger partial charge in [0, 0.05) is 6.20 Å². The normalized spacial score (nSPS) is 9.64. The lowest BCUT2D eigenvalue weighted by molar-refractivity contribution is -0.139. The van der Waals surface area contributed by atoms with Crippen LogP contribution in [0.15, 0.2) is 16.7 Å². The van der Waals surface area contributed by atoms with Gasteiger partial charge in [-0.15, -0.1) is 0 Å². The number of methoxy groups -OCH3 is 2. The van der Waals surface area contributed by atoms with Crippen molar-refractivity contribution in [2.75, 3.05) is 14.2 Å². The monoisotopic (exact) mass is 259 g/mol. The van der Waals surface area contributed by atoms with Crippen molar-refractivity contribution in [3.8, 4) is 5.75 Å². The van der Waals surface area contributed by atoms with Crippen LogP contribution in [-0.2, 0) is 16.0 Å². The average Bonchev–Trinajstić information content (AvgIpc) is 2.21. The van der Waals surface area contributed by atoms with Crippen LogP contribution >= 0.6 is 15.9 Å². The van der Waals surface area contributed by atoms with Crippen LogP contribution in [-0.4, -0.2) is 25.2 Å². The molecule has 0 atom stereocenters. The van der Waals surface area contributed by atoms with Crippen molar-refractivity contribution in [1.82, 2.24) is 4.98 Å². The Hall–Kier alpha value is -1.10. The first kappa shape index (κ1) is 11.0. The second kappa shape index (κ2) is 4.95. The molecule has 1 aromatic rings. The van der Waals surface area contributed by atoms with Crippen LogP contribution in [0.2, 0.25) is 0 Å². The van der Waals surface area contributed by atoms with Crippen LogP contribution < -0.4 is 4.74 Å². The van der Waals surface area contributed by atoms with E-state index in [4.69, 9.17) is 4.74 Å². The summed E-state index contributed by atoms with van der Waals surface area (Å²) >= 11 is 3.30. The van der Waals surface area contributed by atoms with E-state index in [-0.39, 0.29) is 12.4 Å². The summed E-state index contributed by atoms with van der Waals surface area (Å²) in [6.07, 6.45) is 1.72. The van der Waals surface area contributed by atoms with E-state index in [1.54, 1.807) is 19.4 Å². The summed E-state index contributed by atoms with van der Waals surface area (Å²) in [6, 6.07) is 1.71. The molecule has 1 rings (SSSR count). The van der Waals surface area contributed by atoms with E-state index in [9.17, 15) is 4.79 Å².